The largest absolute Gasteiger partial charge is 2.00 e. The number of likely N-dealkylation sites (N-methyl/N-ethyl adjacent to an activating group) is 4. The first-order valence-corrected chi connectivity index (χ1v) is 6.10. The van der Waals surface area contributed by atoms with E-state index in [1.807, 2.05) is 28.2 Å². The summed E-state index contributed by atoms with van der Waals surface area (Å²) in [5, 5.41) is 12.2. The molecule has 0 saturated heterocycles. The van der Waals surface area contributed by atoms with Crippen LogP contribution in [0.25, 0.3) is 0 Å². The monoisotopic (exact) mass is 430 g/mol. The summed E-state index contributed by atoms with van der Waals surface area (Å²) >= 11 is 0. The van der Waals surface area contributed by atoms with Crippen LogP contribution in [-0.4, -0.2) is 28.2 Å². The van der Waals surface area contributed by atoms with Crippen LogP contribution in [0.2, 0.25) is 0 Å². The van der Waals surface area contributed by atoms with Gasteiger partial charge < -0.3 is 21.3 Å². The fourth-order valence-electron chi connectivity index (χ4n) is 1.81. The van der Waals surface area contributed by atoms with E-state index in [4.69, 9.17) is 0 Å². The van der Waals surface area contributed by atoms with Gasteiger partial charge in [0.25, 0.3) is 0 Å². The van der Waals surface area contributed by atoms with Crippen molar-refractivity contribution in [1.29, 1.82) is 0 Å². The van der Waals surface area contributed by atoms with E-state index in [1.165, 1.54) is 0 Å². The minimum atomic E-state index is 0. The average molecular weight is 430 g/mol. The van der Waals surface area contributed by atoms with Crippen LogP contribution < -0.4 is 21.3 Å². The Hall–Kier alpha value is -1.15. The fraction of sp³-hybridized carbons (Fsp3) is 0.429. The van der Waals surface area contributed by atoms with E-state index in [-0.39, 0.29) is 21.1 Å². The molecule has 0 radical (unpaired) electrons. The number of hydrogen-bond donors (Lipinski definition) is 4. The Labute approximate surface area is 130 Å². The number of allylic oxidation sites excluding steroid dienone is 4. The van der Waals surface area contributed by atoms with E-state index >= 15 is 0 Å². The maximum Gasteiger partial charge on any atom is 2.00 e. The van der Waals surface area contributed by atoms with E-state index in [0.717, 1.165) is 35.6 Å². The van der Waals surface area contributed by atoms with Crippen molar-refractivity contribution in [2.24, 2.45) is 0 Å². The molecular formula is C14H22N4W. The molecule has 0 aliphatic heterocycles. The van der Waals surface area contributed by atoms with E-state index in [1.54, 1.807) is 0 Å². The zero-order valence-corrected chi connectivity index (χ0v) is 14.9. The Morgan fingerprint density at radius 2 is 1.11 bits per heavy atom. The van der Waals surface area contributed by atoms with E-state index in [9.17, 15) is 0 Å². The molecule has 0 bridgehead atoms. The minimum Gasteiger partial charge on any atom is -0.463 e. The number of nitrogens with one attached hydrogen (secondary N) is 4. The second-order valence-electron chi connectivity index (χ2n) is 3.75. The van der Waals surface area contributed by atoms with E-state index in [0.29, 0.717) is 0 Å². The van der Waals surface area contributed by atoms with Crippen LogP contribution in [0.3, 0.4) is 0 Å². The first-order chi connectivity index (χ1) is 8.76. The van der Waals surface area contributed by atoms with E-state index in [2.05, 4.69) is 45.6 Å². The predicted octanol–water partition coefficient (Wildman–Crippen LogP) is 0.797. The molecule has 0 heterocycles. The van der Waals surface area contributed by atoms with Gasteiger partial charge in [0.2, 0.25) is 0 Å². The molecule has 0 amide bonds. The molecule has 2 rings (SSSR count). The number of rotatable bonds is 4. The second-order valence-corrected chi connectivity index (χ2v) is 3.75. The third-order valence-electron chi connectivity index (χ3n) is 2.75. The van der Waals surface area contributed by atoms with Gasteiger partial charge in [-0.3, -0.25) is 0 Å². The smallest absolute Gasteiger partial charge is 0.463 e. The molecule has 104 valence electrons. The Kier molecular flexibility index (Phi) is 9.15. The molecule has 4 nitrogen and oxygen atoms in total. The topological polar surface area (TPSA) is 48.1 Å². The van der Waals surface area contributed by atoms with Crippen molar-refractivity contribution < 1.29 is 21.1 Å². The molecule has 0 saturated carbocycles. The summed E-state index contributed by atoms with van der Waals surface area (Å²) < 4.78 is 0. The molecule has 0 aromatic rings. The molecule has 5 heteroatoms. The van der Waals surface area contributed by atoms with Crippen molar-refractivity contribution >= 4 is 0 Å². The zero-order valence-electron chi connectivity index (χ0n) is 12.0. The van der Waals surface area contributed by atoms with Gasteiger partial charge in [-0.2, -0.15) is 12.2 Å². The molecule has 0 spiro atoms. The minimum absolute atomic E-state index is 0. The standard InChI is InChI=1S/2C7H11N2.W/c2*1-8-6-4-3-5-7(6)9-2;/h2*4,8-9H,3H2,1-2H3;/q2*-1;+2. The zero-order chi connectivity index (χ0) is 13.4. The normalized spacial score (nSPS) is 15.8. The van der Waals surface area contributed by atoms with Crippen LogP contribution in [0.1, 0.15) is 12.8 Å². The predicted molar refractivity (Wildman–Crippen MR) is 75.2 cm³/mol. The molecule has 0 aromatic carbocycles. The van der Waals surface area contributed by atoms with E-state index < -0.39 is 0 Å². The molecule has 0 unspecified atom stereocenters. The van der Waals surface area contributed by atoms with Crippen LogP contribution >= 0.6 is 0 Å². The van der Waals surface area contributed by atoms with Gasteiger partial charge in [-0.15, -0.1) is 35.6 Å². The molecular weight excluding hydrogens is 408 g/mol. The summed E-state index contributed by atoms with van der Waals surface area (Å²) in [5.41, 5.74) is 4.46. The molecule has 0 atom stereocenters. The Morgan fingerprint density at radius 3 is 1.32 bits per heavy atom. The number of hydrogen-bond acceptors (Lipinski definition) is 4. The summed E-state index contributed by atoms with van der Waals surface area (Å²) in [4.78, 5) is 0. The SMILES string of the molecule is CNC1=[C-]CC=C1NC.CNC1=[C-]CC=C1NC.[W+2]. The fourth-order valence-corrected chi connectivity index (χ4v) is 1.81. The first-order valence-electron chi connectivity index (χ1n) is 6.10. The first kappa shape index (κ1) is 17.8. The van der Waals surface area contributed by atoms with Crippen molar-refractivity contribution in [3.63, 3.8) is 0 Å². The maximum absolute atomic E-state index is 3.16. The van der Waals surface area contributed by atoms with Gasteiger partial charge >= 0.3 is 21.1 Å². The van der Waals surface area contributed by atoms with Crippen LogP contribution in [0.4, 0.5) is 0 Å². The van der Waals surface area contributed by atoms with Crippen LogP contribution in [0.5, 0.6) is 0 Å². The van der Waals surface area contributed by atoms with Gasteiger partial charge in [-0.05, 0) is 14.1 Å². The van der Waals surface area contributed by atoms with Crippen LogP contribution in [-0.2, 0) is 21.1 Å². The molecule has 0 fully saturated rings. The van der Waals surface area contributed by atoms with Crippen molar-refractivity contribution in [1.82, 2.24) is 21.3 Å². The van der Waals surface area contributed by atoms with Gasteiger partial charge in [0.1, 0.15) is 0 Å². The average Bonchev–Trinajstić information content (AvgIpc) is 3.06. The van der Waals surface area contributed by atoms with Gasteiger partial charge in [-0.1, -0.05) is 0 Å². The van der Waals surface area contributed by atoms with Gasteiger partial charge in [0, 0.05) is 14.1 Å². The Balaban J connectivity index is 0.000000324. The third kappa shape index (κ3) is 5.15. The van der Waals surface area contributed by atoms with Gasteiger partial charge in [-0.25, -0.2) is 12.2 Å². The molecule has 2 aliphatic carbocycles. The van der Waals surface area contributed by atoms with Gasteiger partial charge in [0.05, 0.1) is 0 Å². The summed E-state index contributed by atoms with van der Waals surface area (Å²) in [5.74, 6) is 0. The molecule has 2 aliphatic rings. The molecule has 4 N–H and O–H groups in total. The summed E-state index contributed by atoms with van der Waals surface area (Å²) in [6.07, 6.45) is 12.4. The van der Waals surface area contributed by atoms with Gasteiger partial charge in [0.15, 0.2) is 0 Å². The van der Waals surface area contributed by atoms with Crippen LogP contribution in [0, 0.1) is 12.2 Å². The van der Waals surface area contributed by atoms with Crippen molar-refractivity contribution in [2.45, 2.75) is 12.8 Å². The Bertz CT molecular complexity index is 320. The molecule has 0 aromatic heterocycles. The van der Waals surface area contributed by atoms with Crippen molar-refractivity contribution in [3.8, 4) is 0 Å². The van der Waals surface area contributed by atoms with Crippen LogP contribution in [0.15, 0.2) is 34.9 Å². The van der Waals surface area contributed by atoms with Crippen molar-refractivity contribution in [3.05, 3.63) is 47.1 Å². The Morgan fingerprint density at radius 1 is 0.737 bits per heavy atom. The van der Waals surface area contributed by atoms with Crippen molar-refractivity contribution in [2.75, 3.05) is 28.2 Å². The third-order valence-corrected chi connectivity index (χ3v) is 2.75. The molecule has 19 heavy (non-hydrogen) atoms. The maximum atomic E-state index is 3.16. The summed E-state index contributed by atoms with van der Waals surface area (Å²) in [6.45, 7) is 0. The second kappa shape index (κ2) is 9.74. The summed E-state index contributed by atoms with van der Waals surface area (Å²) in [7, 11) is 7.63. The summed E-state index contributed by atoms with van der Waals surface area (Å²) in [6, 6.07) is 0. The quantitative estimate of drug-likeness (QED) is 0.499.